The van der Waals surface area contributed by atoms with Crippen molar-refractivity contribution in [2.24, 2.45) is 4.99 Å². The number of rotatable bonds is 3. The molecule has 0 fully saturated rings. The van der Waals surface area contributed by atoms with E-state index in [1.807, 2.05) is 12.1 Å². The molecule has 0 unspecified atom stereocenters. The van der Waals surface area contributed by atoms with Gasteiger partial charge in [-0.2, -0.15) is 0 Å². The van der Waals surface area contributed by atoms with Crippen molar-refractivity contribution in [1.29, 1.82) is 0 Å². The number of allylic oxidation sites excluding steroid dienone is 1. The lowest BCUT2D eigenvalue weighted by Gasteiger charge is -2.30. The highest BCUT2D eigenvalue weighted by Gasteiger charge is 2.32. The first-order valence-corrected chi connectivity index (χ1v) is 12.1. The summed E-state index contributed by atoms with van der Waals surface area (Å²) in [4.78, 5) is 19.3. The minimum Gasteiger partial charge on any atom is -0.504 e. The number of thiazole rings is 1. The molecule has 2 aliphatic rings. The molecule has 0 spiro atoms. The van der Waals surface area contributed by atoms with E-state index < -0.39 is 0 Å². The number of aryl methyl sites for hydroxylation is 1. The molecule has 174 valence electrons. The van der Waals surface area contributed by atoms with Crippen molar-refractivity contribution in [3.8, 4) is 11.5 Å². The topological polar surface area (TPSA) is 63.8 Å². The Morgan fingerprint density at radius 3 is 2.69 bits per heavy atom. The van der Waals surface area contributed by atoms with Gasteiger partial charge in [0, 0.05) is 5.56 Å². The van der Waals surface area contributed by atoms with Crippen molar-refractivity contribution < 1.29 is 14.2 Å². The number of nitrogens with zero attached hydrogens (tertiary/aromatic N) is 2. The van der Waals surface area contributed by atoms with E-state index in [1.165, 1.54) is 36.1 Å². The van der Waals surface area contributed by atoms with Gasteiger partial charge in [-0.1, -0.05) is 53.8 Å². The predicted molar refractivity (Wildman–Crippen MR) is 134 cm³/mol. The first-order valence-electron chi connectivity index (χ1n) is 11.3. The Morgan fingerprint density at radius 2 is 1.91 bits per heavy atom. The van der Waals surface area contributed by atoms with Crippen LogP contribution in [0.1, 0.15) is 34.7 Å². The number of aromatic hydroxyl groups is 1. The van der Waals surface area contributed by atoms with Gasteiger partial charge in [-0.15, -0.1) is 0 Å². The van der Waals surface area contributed by atoms with E-state index in [0.717, 1.165) is 35.2 Å². The van der Waals surface area contributed by atoms with Gasteiger partial charge in [-0.3, -0.25) is 9.36 Å². The molecule has 0 saturated heterocycles. The van der Waals surface area contributed by atoms with Crippen LogP contribution in [0, 0.1) is 5.82 Å². The van der Waals surface area contributed by atoms with Gasteiger partial charge in [0.05, 0.1) is 23.4 Å². The van der Waals surface area contributed by atoms with Gasteiger partial charge in [0.25, 0.3) is 5.56 Å². The summed E-state index contributed by atoms with van der Waals surface area (Å²) in [5, 5.41) is 10.2. The number of phenols is 1. The van der Waals surface area contributed by atoms with E-state index in [2.05, 4.69) is 12.1 Å². The van der Waals surface area contributed by atoms with Crippen molar-refractivity contribution in [3.05, 3.63) is 120 Å². The third-order valence-electron chi connectivity index (χ3n) is 6.56. The van der Waals surface area contributed by atoms with Gasteiger partial charge < -0.3 is 9.84 Å². The van der Waals surface area contributed by atoms with Crippen LogP contribution in [0.25, 0.3) is 11.8 Å². The van der Waals surface area contributed by atoms with Gasteiger partial charge in [-0.25, -0.2) is 9.38 Å². The molecule has 1 aliphatic heterocycles. The Morgan fingerprint density at radius 1 is 1.11 bits per heavy atom. The van der Waals surface area contributed by atoms with E-state index in [9.17, 15) is 14.3 Å². The second kappa shape index (κ2) is 8.36. The normalized spacial score (nSPS) is 16.9. The summed E-state index contributed by atoms with van der Waals surface area (Å²) in [6.45, 7) is 0. The average molecular weight is 485 g/mol. The highest BCUT2D eigenvalue weighted by atomic mass is 32.1. The van der Waals surface area contributed by atoms with E-state index in [4.69, 9.17) is 9.73 Å². The van der Waals surface area contributed by atoms with Gasteiger partial charge in [0.1, 0.15) is 5.82 Å². The molecule has 1 aliphatic carbocycles. The number of hydrogen-bond donors (Lipinski definition) is 1. The lowest BCUT2D eigenvalue weighted by Crippen LogP contribution is -2.38. The fraction of sp³-hybridized carbons (Fsp3) is 0.143. The lowest BCUT2D eigenvalue weighted by molar-refractivity contribution is 0.373. The van der Waals surface area contributed by atoms with Crippen LogP contribution in [0.5, 0.6) is 11.5 Å². The molecule has 0 amide bonds. The number of methoxy groups -OCH3 is 1. The van der Waals surface area contributed by atoms with Crippen molar-refractivity contribution in [2.75, 3.05) is 7.11 Å². The zero-order valence-corrected chi connectivity index (χ0v) is 19.7. The quantitative estimate of drug-likeness (QED) is 0.475. The van der Waals surface area contributed by atoms with E-state index in [-0.39, 0.29) is 23.2 Å². The van der Waals surface area contributed by atoms with Gasteiger partial charge >= 0.3 is 0 Å². The summed E-state index contributed by atoms with van der Waals surface area (Å²) in [5.41, 5.74) is 5.65. The number of fused-ring (bicyclic) bond motifs is 3. The van der Waals surface area contributed by atoms with E-state index >= 15 is 0 Å². The fourth-order valence-electron chi connectivity index (χ4n) is 4.92. The van der Waals surface area contributed by atoms with Crippen molar-refractivity contribution >= 4 is 23.1 Å². The number of ether oxygens (including phenoxy) is 1. The standard InChI is InChI=1S/C28H21FN2O3S/c1-34-23-13-6-16(14-22(23)32)15-24-27(33)31-26(18-7-10-19(29)11-8-18)21-12-9-17-4-2-3-5-20(17)25(21)30-28(31)35-24/h2-8,10-11,13-15,26,32H,9,12H2,1H3/b24-15+/t26-/m0/s1. The first kappa shape index (κ1) is 21.6. The molecule has 5 nitrogen and oxygen atoms in total. The van der Waals surface area contributed by atoms with Crippen LogP contribution < -0.4 is 19.6 Å². The van der Waals surface area contributed by atoms with Crippen LogP contribution >= 0.6 is 11.3 Å². The zero-order chi connectivity index (χ0) is 24.1. The molecule has 0 bridgehead atoms. The summed E-state index contributed by atoms with van der Waals surface area (Å²) in [6.07, 6.45) is 3.38. The summed E-state index contributed by atoms with van der Waals surface area (Å²) in [6, 6.07) is 19.2. The van der Waals surface area contributed by atoms with Crippen molar-refractivity contribution in [1.82, 2.24) is 4.57 Å². The molecule has 0 saturated carbocycles. The zero-order valence-electron chi connectivity index (χ0n) is 18.9. The van der Waals surface area contributed by atoms with Crippen LogP contribution in [0.3, 0.4) is 0 Å². The Balaban J connectivity index is 1.59. The minimum atomic E-state index is -0.360. The third kappa shape index (κ3) is 3.59. The first-order chi connectivity index (χ1) is 17.0. The molecule has 35 heavy (non-hydrogen) atoms. The Labute approximate surface area is 204 Å². The lowest BCUT2D eigenvalue weighted by atomic mass is 9.83. The molecule has 3 aromatic carbocycles. The Kier molecular flexibility index (Phi) is 5.15. The Hall–Kier alpha value is -3.97. The van der Waals surface area contributed by atoms with Crippen molar-refractivity contribution in [3.63, 3.8) is 0 Å². The molecule has 1 aromatic heterocycles. The number of phenolic OH excluding ortho intramolecular Hbond substituents is 1. The van der Waals surface area contributed by atoms with E-state index in [1.54, 1.807) is 41.0 Å². The monoisotopic (exact) mass is 484 g/mol. The van der Waals surface area contributed by atoms with Crippen LogP contribution in [0.4, 0.5) is 4.39 Å². The van der Waals surface area contributed by atoms with Crippen LogP contribution in [-0.2, 0) is 6.42 Å². The second-order valence-electron chi connectivity index (χ2n) is 8.60. The van der Waals surface area contributed by atoms with Crippen molar-refractivity contribution in [2.45, 2.75) is 18.9 Å². The smallest absolute Gasteiger partial charge is 0.271 e. The average Bonchev–Trinajstić information content (AvgIpc) is 3.18. The molecule has 1 atom stereocenters. The van der Waals surface area contributed by atoms with Gasteiger partial charge in [-0.05, 0) is 65.4 Å². The molecule has 1 N–H and O–H groups in total. The van der Waals surface area contributed by atoms with Crippen LogP contribution in [0.15, 0.2) is 82.1 Å². The summed E-state index contributed by atoms with van der Waals surface area (Å²) < 4.78 is 21.1. The van der Waals surface area contributed by atoms with Gasteiger partial charge in [0.15, 0.2) is 16.3 Å². The maximum absolute atomic E-state index is 13.8. The maximum Gasteiger partial charge on any atom is 0.271 e. The summed E-state index contributed by atoms with van der Waals surface area (Å²) >= 11 is 1.31. The summed E-state index contributed by atoms with van der Waals surface area (Å²) in [5.74, 6) is 0.0558. The third-order valence-corrected chi connectivity index (χ3v) is 7.54. The maximum atomic E-state index is 13.8. The van der Waals surface area contributed by atoms with E-state index in [0.29, 0.717) is 20.6 Å². The molecular formula is C28H21FN2O3S. The molecule has 2 heterocycles. The number of hydrogen-bond acceptors (Lipinski definition) is 5. The minimum absolute atomic E-state index is 0.00489. The summed E-state index contributed by atoms with van der Waals surface area (Å²) in [7, 11) is 1.49. The molecule has 6 rings (SSSR count). The molecular weight excluding hydrogens is 463 g/mol. The number of aromatic nitrogens is 1. The van der Waals surface area contributed by atoms with Crippen LogP contribution in [0.2, 0.25) is 0 Å². The predicted octanol–water partition coefficient (Wildman–Crippen LogP) is 4.17. The largest absolute Gasteiger partial charge is 0.504 e. The molecule has 7 heteroatoms. The SMILES string of the molecule is COc1ccc(/C=c2/sc3n(c2=O)[C@@H](c2ccc(F)cc2)C2=C(N=3)c3ccccc3CC2)cc1O. The number of benzene rings is 3. The Bertz CT molecular complexity index is 1680. The van der Waals surface area contributed by atoms with Gasteiger partial charge in [0.2, 0.25) is 0 Å². The second-order valence-corrected chi connectivity index (χ2v) is 9.61. The van der Waals surface area contributed by atoms with Crippen LogP contribution in [-0.4, -0.2) is 16.8 Å². The fourth-order valence-corrected chi connectivity index (χ4v) is 5.92. The molecule has 0 radical (unpaired) electrons. The highest BCUT2D eigenvalue weighted by molar-refractivity contribution is 7.07. The molecule has 4 aromatic rings. The number of halogens is 1. The highest BCUT2D eigenvalue weighted by Crippen LogP contribution is 2.41.